The molecule has 2 aromatic carbocycles. The molecular formula is C15H13FO3. The molecule has 0 amide bonds. The van der Waals surface area contributed by atoms with Gasteiger partial charge in [-0.3, -0.25) is 0 Å². The molecule has 0 fully saturated rings. The van der Waals surface area contributed by atoms with Crippen molar-refractivity contribution in [1.29, 1.82) is 0 Å². The minimum Gasteiger partial charge on any atom is -0.497 e. The van der Waals surface area contributed by atoms with Gasteiger partial charge in [0.15, 0.2) is 0 Å². The number of aryl methyl sites for hydroxylation is 1. The first-order valence-electron chi connectivity index (χ1n) is 5.72. The van der Waals surface area contributed by atoms with Gasteiger partial charge >= 0.3 is 5.97 Å². The second kappa shape index (κ2) is 5.52. The van der Waals surface area contributed by atoms with Crippen molar-refractivity contribution in [3.05, 3.63) is 59.4 Å². The third kappa shape index (κ3) is 3.10. The highest BCUT2D eigenvalue weighted by molar-refractivity contribution is 5.91. The van der Waals surface area contributed by atoms with Gasteiger partial charge in [0.2, 0.25) is 0 Å². The topological polar surface area (TPSA) is 35.5 Å². The van der Waals surface area contributed by atoms with E-state index in [2.05, 4.69) is 0 Å². The maximum Gasteiger partial charge on any atom is 0.346 e. The quantitative estimate of drug-likeness (QED) is 0.627. The molecule has 98 valence electrons. The zero-order valence-electron chi connectivity index (χ0n) is 10.6. The predicted molar refractivity (Wildman–Crippen MR) is 69.1 cm³/mol. The summed E-state index contributed by atoms with van der Waals surface area (Å²) in [4.78, 5) is 11.8. The molecule has 0 bridgehead atoms. The lowest BCUT2D eigenvalue weighted by atomic mass is 10.2. The van der Waals surface area contributed by atoms with E-state index in [1.165, 1.54) is 19.2 Å². The molecule has 0 heterocycles. The van der Waals surface area contributed by atoms with Gasteiger partial charge in [0.05, 0.1) is 12.7 Å². The van der Waals surface area contributed by atoms with Gasteiger partial charge in [0, 0.05) is 6.07 Å². The zero-order valence-corrected chi connectivity index (χ0v) is 10.6. The smallest absolute Gasteiger partial charge is 0.346 e. The maximum atomic E-state index is 13.7. The molecule has 0 spiro atoms. The third-order valence-electron chi connectivity index (χ3n) is 2.63. The van der Waals surface area contributed by atoms with E-state index in [4.69, 9.17) is 9.47 Å². The van der Waals surface area contributed by atoms with E-state index in [0.717, 1.165) is 11.6 Å². The first-order chi connectivity index (χ1) is 9.10. The molecule has 3 nitrogen and oxygen atoms in total. The number of halogens is 1. The van der Waals surface area contributed by atoms with Crippen molar-refractivity contribution in [3.63, 3.8) is 0 Å². The summed E-state index contributed by atoms with van der Waals surface area (Å²) >= 11 is 0. The molecule has 2 aromatic rings. The van der Waals surface area contributed by atoms with Crippen LogP contribution in [0, 0.1) is 12.7 Å². The van der Waals surface area contributed by atoms with Crippen molar-refractivity contribution in [3.8, 4) is 11.5 Å². The summed E-state index contributed by atoms with van der Waals surface area (Å²) in [5.74, 6) is -0.671. The lowest BCUT2D eigenvalue weighted by Gasteiger charge is -2.06. The van der Waals surface area contributed by atoms with Gasteiger partial charge in [-0.05, 0) is 31.2 Å². The summed E-state index contributed by atoms with van der Waals surface area (Å²) in [6, 6.07) is 10.9. The highest BCUT2D eigenvalue weighted by Crippen LogP contribution is 2.19. The van der Waals surface area contributed by atoms with Gasteiger partial charge in [0.25, 0.3) is 0 Å². The van der Waals surface area contributed by atoms with Crippen LogP contribution in [0.4, 0.5) is 4.39 Å². The molecular weight excluding hydrogens is 247 g/mol. The number of benzene rings is 2. The molecule has 0 N–H and O–H groups in total. The Balaban J connectivity index is 2.18. The number of carbonyl (C=O) groups excluding carboxylic acids is 1. The van der Waals surface area contributed by atoms with Crippen LogP contribution in [0.1, 0.15) is 15.9 Å². The molecule has 0 aliphatic heterocycles. The fraction of sp³-hybridized carbons (Fsp3) is 0.133. The summed E-state index contributed by atoms with van der Waals surface area (Å²) < 4.78 is 23.6. The standard InChI is InChI=1S/C15H13FO3/c1-10-3-5-11(6-4-10)19-15(17)13-8-7-12(18-2)9-14(13)16/h3-9H,1-2H3. The first kappa shape index (κ1) is 13.1. The maximum absolute atomic E-state index is 13.7. The van der Waals surface area contributed by atoms with Crippen LogP contribution in [0.25, 0.3) is 0 Å². The summed E-state index contributed by atoms with van der Waals surface area (Å²) in [6.45, 7) is 1.93. The summed E-state index contributed by atoms with van der Waals surface area (Å²) in [7, 11) is 1.43. The largest absolute Gasteiger partial charge is 0.497 e. The highest BCUT2D eigenvalue weighted by Gasteiger charge is 2.14. The number of esters is 1. The average Bonchev–Trinajstić information content (AvgIpc) is 2.41. The molecule has 0 aliphatic carbocycles. The van der Waals surface area contributed by atoms with Crippen LogP contribution < -0.4 is 9.47 Å². The van der Waals surface area contributed by atoms with Crippen molar-refractivity contribution >= 4 is 5.97 Å². The molecule has 0 saturated carbocycles. The Bertz CT molecular complexity index is 591. The fourth-order valence-corrected chi connectivity index (χ4v) is 1.56. The van der Waals surface area contributed by atoms with Crippen molar-refractivity contribution in [2.75, 3.05) is 7.11 Å². The van der Waals surface area contributed by atoms with Gasteiger partial charge in [-0.1, -0.05) is 17.7 Å². The number of rotatable bonds is 3. The third-order valence-corrected chi connectivity index (χ3v) is 2.63. The van der Waals surface area contributed by atoms with E-state index in [-0.39, 0.29) is 5.56 Å². The van der Waals surface area contributed by atoms with Crippen molar-refractivity contribution in [2.24, 2.45) is 0 Å². The Labute approximate surface area is 110 Å². The minimum absolute atomic E-state index is 0.124. The molecule has 0 unspecified atom stereocenters. The van der Waals surface area contributed by atoms with Gasteiger partial charge in [-0.15, -0.1) is 0 Å². The number of ether oxygens (including phenoxy) is 2. The van der Waals surface area contributed by atoms with E-state index in [9.17, 15) is 9.18 Å². The van der Waals surface area contributed by atoms with E-state index >= 15 is 0 Å². The van der Waals surface area contributed by atoms with Gasteiger partial charge in [-0.25, -0.2) is 9.18 Å². The molecule has 0 radical (unpaired) electrons. The Morgan fingerprint density at radius 3 is 2.26 bits per heavy atom. The molecule has 0 aliphatic rings. The monoisotopic (exact) mass is 260 g/mol. The van der Waals surface area contributed by atoms with E-state index in [1.807, 2.05) is 19.1 Å². The summed E-state index contributed by atoms with van der Waals surface area (Å²) in [6.07, 6.45) is 0. The van der Waals surface area contributed by atoms with Crippen LogP contribution in [0.3, 0.4) is 0 Å². The van der Waals surface area contributed by atoms with Gasteiger partial charge in [0.1, 0.15) is 17.3 Å². The number of carbonyl (C=O) groups is 1. The molecule has 0 atom stereocenters. The van der Waals surface area contributed by atoms with Crippen LogP contribution >= 0.6 is 0 Å². The van der Waals surface area contributed by atoms with Crippen molar-refractivity contribution in [2.45, 2.75) is 6.92 Å². The van der Waals surface area contributed by atoms with Crippen molar-refractivity contribution < 1.29 is 18.7 Å². The van der Waals surface area contributed by atoms with Crippen LogP contribution in [0.5, 0.6) is 11.5 Å². The average molecular weight is 260 g/mol. The van der Waals surface area contributed by atoms with Crippen LogP contribution in [-0.4, -0.2) is 13.1 Å². The zero-order chi connectivity index (χ0) is 13.8. The number of hydrogen-bond acceptors (Lipinski definition) is 3. The highest BCUT2D eigenvalue weighted by atomic mass is 19.1. The van der Waals surface area contributed by atoms with E-state index in [0.29, 0.717) is 11.5 Å². The Morgan fingerprint density at radius 1 is 1.05 bits per heavy atom. The summed E-state index contributed by atoms with van der Waals surface area (Å²) in [5.41, 5.74) is 0.928. The van der Waals surface area contributed by atoms with Crippen LogP contribution in [-0.2, 0) is 0 Å². The normalized spacial score (nSPS) is 10.1. The molecule has 0 aromatic heterocycles. The van der Waals surface area contributed by atoms with Crippen molar-refractivity contribution in [1.82, 2.24) is 0 Å². The fourth-order valence-electron chi connectivity index (χ4n) is 1.56. The second-order valence-corrected chi connectivity index (χ2v) is 4.05. The molecule has 4 heteroatoms. The van der Waals surface area contributed by atoms with Crippen LogP contribution in [0.2, 0.25) is 0 Å². The molecule has 2 rings (SSSR count). The second-order valence-electron chi connectivity index (χ2n) is 4.05. The lowest BCUT2D eigenvalue weighted by Crippen LogP contribution is -2.10. The van der Waals surface area contributed by atoms with Crippen LogP contribution in [0.15, 0.2) is 42.5 Å². The minimum atomic E-state index is -0.732. The first-order valence-corrected chi connectivity index (χ1v) is 5.72. The number of methoxy groups -OCH3 is 1. The Hall–Kier alpha value is -2.36. The Morgan fingerprint density at radius 2 is 1.68 bits per heavy atom. The molecule has 19 heavy (non-hydrogen) atoms. The number of hydrogen-bond donors (Lipinski definition) is 0. The lowest BCUT2D eigenvalue weighted by molar-refractivity contribution is 0.0730. The Kier molecular flexibility index (Phi) is 3.80. The van der Waals surface area contributed by atoms with Gasteiger partial charge < -0.3 is 9.47 Å². The molecule has 0 saturated heterocycles. The predicted octanol–water partition coefficient (Wildman–Crippen LogP) is 3.36. The van der Waals surface area contributed by atoms with E-state index < -0.39 is 11.8 Å². The van der Waals surface area contributed by atoms with Gasteiger partial charge in [-0.2, -0.15) is 0 Å². The van der Waals surface area contributed by atoms with E-state index in [1.54, 1.807) is 12.1 Å². The summed E-state index contributed by atoms with van der Waals surface area (Å²) in [5, 5.41) is 0. The SMILES string of the molecule is COc1ccc(C(=O)Oc2ccc(C)cc2)c(F)c1.